The van der Waals surface area contributed by atoms with Gasteiger partial charge in [0.2, 0.25) is 5.91 Å². The summed E-state index contributed by atoms with van der Waals surface area (Å²) in [6.45, 7) is 1.97. The van der Waals surface area contributed by atoms with Gasteiger partial charge in [0.1, 0.15) is 0 Å². The van der Waals surface area contributed by atoms with Crippen LogP contribution in [0.1, 0.15) is 38.5 Å². The van der Waals surface area contributed by atoms with Crippen molar-refractivity contribution in [3.8, 4) is 0 Å². The van der Waals surface area contributed by atoms with Crippen LogP contribution in [-0.2, 0) is 4.79 Å². The molecule has 3 rings (SSSR count). The summed E-state index contributed by atoms with van der Waals surface area (Å²) < 4.78 is 0. The van der Waals surface area contributed by atoms with E-state index in [1.165, 1.54) is 25.7 Å². The molecule has 3 aliphatic rings. The van der Waals surface area contributed by atoms with E-state index >= 15 is 0 Å². The minimum absolute atomic E-state index is 0.0729. The Kier molecular flexibility index (Phi) is 3.34. The number of hydrogen-bond donors (Lipinski definition) is 3. The largest absolute Gasteiger partial charge is 0.351 e. The highest BCUT2D eigenvalue weighted by Crippen LogP contribution is 2.33. The SMILES string of the molecule is O=C(NC1CCNC1)C1CC2CCCCC2N1. The fraction of sp³-hybridized carbons (Fsp3) is 0.923. The minimum atomic E-state index is 0.0729. The van der Waals surface area contributed by atoms with Gasteiger partial charge in [-0.05, 0) is 38.1 Å². The number of hydrogen-bond acceptors (Lipinski definition) is 3. The molecule has 0 aromatic heterocycles. The Bertz CT molecular complexity index is 274. The van der Waals surface area contributed by atoms with Crippen LogP contribution in [0.2, 0.25) is 0 Å². The number of fused-ring (bicyclic) bond motifs is 1. The van der Waals surface area contributed by atoms with Crippen LogP contribution in [0.25, 0.3) is 0 Å². The van der Waals surface area contributed by atoms with Crippen LogP contribution >= 0.6 is 0 Å². The molecule has 1 amide bonds. The third kappa shape index (κ3) is 2.47. The Labute approximate surface area is 103 Å². The monoisotopic (exact) mass is 237 g/mol. The van der Waals surface area contributed by atoms with E-state index in [9.17, 15) is 4.79 Å². The maximum atomic E-state index is 12.1. The topological polar surface area (TPSA) is 53.2 Å². The molecule has 2 saturated heterocycles. The molecule has 1 aliphatic carbocycles. The summed E-state index contributed by atoms with van der Waals surface area (Å²) in [6.07, 6.45) is 7.38. The van der Waals surface area contributed by atoms with Gasteiger partial charge in [-0.1, -0.05) is 12.8 Å². The maximum Gasteiger partial charge on any atom is 0.237 e. The van der Waals surface area contributed by atoms with Gasteiger partial charge >= 0.3 is 0 Å². The fourth-order valence-electron chi connectivity index (χ4n) is 3.60. The predicted octanol–water partition coefficient (Wildman–Crippen LogP) is 0.385. The molecule has 0 bridgehead atoms. The normalized spacial score (nSPS) is 41.2. The van der Waals surface area contributed by atoms with Gasteiger partial charge in [0, 0.05) is 18.6 Å². The molecule has 0 aromatic carbocycles. The van der Waals surface area contributed by atoms with E-state index in [2.05, 4.69) is 16.0 Å². The Morgan fingerprint density at radius 1 is 1.18 bits per heavy atom. The lowest BCUT2D eigenvalue weighted by molar-refractivity contribution is -0.123. The Morgan fingerprint density at radius 2 is 2.06 bits per heavy atom. The van der Waals surface area contributed by atoms with Crippen molar-refractivity contribution in [3.05, 3.63) is 0 Å². The summed E-state index contributed by atoms with van der Waals surface area (Å²) in [5.41, 5.74) is 0. The molecule has 0 spiro atoms. The van der Waals surface area contributed by atoms with E-state index in [0.717, 1.165) is 31.8 Å². The zero-order valence-electron chi connectivity index (χ0n) is 10.4. The highest BCUT2D eigenvalue weighted by molar-refractivity contribution is 5.82. The van der Waals surface area contributed by atoms with E-state index in [1.807, 2.05) is 0 Å². The Hall–Kier alpha value is -0.610. The van der Waals surface area contributed by atoms with Crippen molar-refractivity contribution in [1.29, 1.82) is 0 Å². The lowest BCUT2D eigenvalue weighted by atomic mass is 9.85. The summed E-state index contributed by atoms with van der Waals surface area (Å²) in [7, 11) is 0. The standard InChI is InChI=1S/C13H23N3O/c17-13(15-10-5-6-14-8-10)12-7-9-3-1-2-4-11(9)16-12/h9-12,14,16H,1-8H2,(H,15,17). The van der Waals surface area contributed by atoms with Crippen molar-refractivity contribution in [2.24, 2.45) is 5.92 Å². The second kappa shape index (κ2) is 4.94. The van der Waals surface area contributed by atoms with Gasteiger partial charge in [0.25, 0.3) is 0 Å². The van der Waals surface area contributed by atoms with Crippen LogP contribution in [0.3, 0.4) is 0 Å². The second-order valence-electron chi connectivity index (χ2n) is 5.80. The number of amides is 1. The summed E-state index contributed by atoms with van der Waals surface area (Å²) in [5.74, 6) is 0.981. The van der Waals surface area contributed by atoms with E-state index in [-0.39, 0.29) is 11.9 Å². The van der Waals surface area contributed by atoms with Gasteiger partial charge in [-0.2, -0.15) is 0 Å². The van der Waals surface area contributed by atoms with Crippen LogP contribution in [-0.4, -0.2) is 37.1 Å². The van der Waals surface area contributed by atoms with Gasteiger partial charge in [-0.25, -0.2) is 0 Å². The molecule has 1 saturated carbocycles. The summed E-state index contributed by atoms with van der Waals surface area (Å²) in [4.78, 5) is 12.1. The first-order valence-electron chi connectivity index (χ1n) is 7.10. The van der Waals surface area contributed by atoms with Gasteiger partial charge in [-0.15, -0.1) is 0 Å². The molecular weight excluding hydrogens is 214 g/mol. The fourth-order valence-corrected chi connectivity index (χ4v) is 3.60. The number of rotatable bonds is 2. The van der Waals surface area contributed by atoms with Crippen molar-refractivity contribution in [2.45, 2.75) is 56.7 Å². The number of carbonyl (C=O) groups is 1. The van der Waals surface area contributed by atoms with Crippen LogP contribution < -0.4 is 16.0 Å². The number of carbonyl (C=O) groups excluding carboxylic acids is 1. The summed E-state index contributed by atoms with van der Waals surface area (Å²) in [5, 5.41) is 9.98. The highest BCUT2D eigenvalue weighted by atomic mass is 16.2. The first kappa shape index (κ1) is 11.5. The highest BCUT2D eigenvalue weighted by Gasteiger charge is 2.38. The molecule has 17 heavy (non-hydrogen) atoms. The molecule has 2 aliphatic heterocycles. The van der Waals surface area contributed by atoms with Crippen molar-refractivity contribution >= 4 is 5.91 Å². The molecule has 4 heteroatoms. The molecule has 0 aromatic rings. The Balaban J connectivity index is 1.52. The van der Waals surface area contributed by atoms with Gasteiger partial charge < -0.3 is 16.0 Å². The van der Waals surface area contributed by atoms with E-state index in [4.69, 9.17) is 0 Å². The molecule has 4 nitrogen and oxygen atoms in total. The summed E-state index contributed by atoms with van der Waals surface area (Å²) in [6, 6.07) is 1.04. The van der Waals surface area contributed by atoms with E-state index in [1.54, 1.807) is 0 Å². The molecule has 2 heterocycles. The first-order valence-corrected chi connectivity index (χ1v) is 7.10. The molecule has 3 fully saturated rings. The van der Waals surface area contributed by atoms with Crippen molar-refractivity contribution < 1.29 is 4.79 Å². The van der Waals surface area contributed by atoms with E-state index in [0.29, 0.717) is 12.1 Å². The van der Waals surface area contributed by atoms with Crippen LogP contribution in [0, 0.1) is 5.92 Å². The quantitative estimate of drug-likeness (QED) is 0.651. The van der Waals surface area contributed by atoms with Crippen LogP contribution in [0.4, 0.5) is 0 Å². The average Bonchev–Trinajstić information content (AvgIpc) is 2.96. The summed E-state index contributed by atoms with van der Waals surface area (Å²) >= 11 is 0. The third-order valence-corrected chi connectivity index (χ3v) is 4.59. The minimum Gasteiger partial charge on any atom is -0.351 e. The van der Waals surface area contributed by atoms with Crippen LogP contribution in [0.15, 0.2) is 0 Å². The molecule has 0 radical (unpaired) electrons. The maximum absolute atomic E-state index is 12.1. The van der Waals surface area contributed by atoms with Gasteiger partial charge in [-0.3, -0.25) is 4.79 Å². The average molecular weight is 237 g/mol. The Morgan fingerprint density at radius 3 is 2.82 bits per heavy atom. The lowest BCUT2D eigenvalue weighted by Gasteiger charge is -2.24. The smallest absolute Gasteiger partial charge is 0.237 e. The lowest BCUT2D eigenvalue weighted by Crippen LogP contribution is -2.47. The molecular formula is C13H23N3O. The van der Waals surface area contributed by atoms with Crippen molar-refractivity contribution in [1.82, 2.24) is 16.0 Å². The zero-order valence-corrected chi connectivity index (χ0v) is 10.4. The number of nitrogens with one attached hydrogen (secondary N) is 3. The van der Waals surface area contributed by atoms with Gasteiger partial charge in [0.15, 0.2) is 0 Å². The second-order valence-corrected chi connectivity index (χ2v) is 5.80. The molecule has 4 unspecified atom stereocenters. The van der Waals surface area contributed by atoms with Crippen LogP contribution in [0.5, 0.6) is 0 Å². The van der Waals surface area contributed by atoms with Crippen molar-refractivity contribution in [2.75, 3.05) is 13.1 Å². The first-order chi connectivity index (χ1) is 8.33. The molecule has 3 N–H and O–H groups in total. The molecule has 96 valence electrons. The van der Waals surface area contributed by atoms with Crippen molar-refractivity contribution in [3.63, 3.8) is 0 Å². The predicted molar refractivity (Wildman–Crippen MR) is 66.7 cm³/mol. The third-order valence-electron chi connectivity index (χ3n) is 4.59. The van der Waals surface area contributed by atoms with Gasteiger partial charge in [0.05, 0.1) is 6.04 Å². The van der Waals surface area contributed by atoms with E-state index < -0.39 is 0 Å². The zero-order chi connectivity index (χ0) is 11.7. The molecule has 4 atom stereocenters.